The Kier molecular flexibility index (Phi) is 7.19. The summed E-state index contributed by atoms with van der Waals surface area (Å²) in [5, 5.41) is 11.5. The van der Waals surface area contributed by atoms with Crippen molar-refractivity contribution >= 4 is 40.9 Å². The molecule has 3 fully saturated rings. The minimum Gasteiger partial charge on any atom is -0.463 e. The van der Waals surface area contributed by atoms with E-state index >= 15 is 4.39 Å². The van der Waals surface area contributed by atoms with E-state index in [-0.39, 0.29) is 49.4 Å². The van der Waals surface area contributed by atoms with Crippen molar-refractivity contribution < 1.29 is 33.4 Å². The van der Waals surface area contributed by atoms with Crippen molar-refractivity contribution in [2.45, 2.75) is 82.0 Å². The maximum atomic E-state index is 15.5. The molecule has 0 bridgehead atoms. The molecule has 0 saturated heterocycles. The minimum absolute atomic E-state index is 0.118. The molecule has 0 amide bonds. The van der Waals surface area contributed by atoms with Crippen LogP contribution in [0.25, 0.3) is 0 Å². The predicted octanol–water partition coefficient (Wildman–Crippen LogP) is 4.64. The highest BCUT2D eigenvalue weighted by molar-refractivity contribution is 6.53. The van der Waals surface area contributed by atoms with E-state index in [1.54, 1.807) is 6.08 Å². The van der Waals surface area contributed by atoms with Gasteiger partial charge in [-0.15, -0.1) is 0 Å². The lowest BCUT2D eigenvalue weighted by Gasteiger charge is -2.60. The summed E-state index contributed by atoms with van der Waals surface area (Å²) >= 11 is 11.6. The molecule has 0 aromatic rings. The minimum atomic E-state index is -1.68. The lowest BCUT2D eigenvalue weighted by molar-refractivity contribution is -0.213. The number of aliphatic hydroxyl groups is 1. The predicted molar refractivity (Wildman–Crippen MR) is 128 cm³/mol. The number of rotatable bonds is 6. The number of aliphatic hydroxyl groups excluding tert-OH is 1. The zero-order valence-electron chi connectivity index (χ0n) is 20.3. The number of hydrogen-bond acceptors (Lipinski definition) is 6. The first-order valence-electron chi connectivity index (χ1n) is 12.4. The van der Waals surface area contributed by atoms with Gasteiger partial charge in [0, 0.05) is 16.7 Å². The Hall–Kier alpha value is -1.44. The molecule has 0 aliphatic heterocycles. The Morgan fingerprint density at radius 3 is 2.69 bits per heavy atom. The first-order valence-corrected chi connectivity index (χ1v) is 13.2. The summed E-state index contributed by atoms with van der Waals surface area (Å²) in [6.07, 6.45) is 4.61. The Labute approximate surface area is 215 Å². The number of hydrogen-bond donors (Lipinski definition) is 1. The molecule has 0 aromatic carbocycles. The highest BCUT2D eigenvalue weighted by Crippen LogP contribution is 2.68. The molecule has 6 nitrogen and oxygen atoms in total. The molecule has 194 valence electrons. The number of alkyl halides is 3. The highest BCUT2D eigenvalue weighted by Gasteiger charge is 2.72. The number of unbranched alkanes of at least 4 members (excludes halogenated alkanes) is 1. The second-order valence-electron chi connectivity index (χ2n) is 10.9. The Morgan fingerprint density at radius 2 is 2.03 bits per heavy atom. The summed E-state index contributed by atoms with van der Waals surface area (Å²) in [5.74, 6) is -2.75. The van der Waals surface area contributed by atoms with Gasteiger partial charge >= 0.3 is 11.9 Å². The molecule has 4 rings (SSSR count). The fraction of sp³-hybridized carbons (Fsp3) is 0.731. The smallest absolute Gasteiger partial charge is 0.351 e. The van der Waals surface area contributed by atoms with Gasteiger partial charge in [-0.3, -0.25) is 4.79 Å². The van der Waals surface area contributed by atoms with Gasteiger partial charge in [-0.2, -0.15) is 0 Å². The SMILES string of the molecule is CCCCOC(=O)[C@@]1(OC(=O)C(Cl)Cl)CC[C@H]2[C@@H]3C[C@H](F)C4=CC(=O)C=C[C@]4(C)[C@H]3[C@@H](O)C[C@@]21C. The number of allylic oxidation sites excluding steroid dienone is 4. The maximum absolute atomic E-state index is 15.5. The molecule has 8 atom stereocenters. The van der Waals surface area contributed by atoms with Crippen molar-refractivity contribution in [1.29, 1.82) is 0 Å². The quantitative estimate of drug-likeness (QED) is 0.305. The number of esters is 2. The molecule has 1 N–H and O–H groups in total. The molecule has 3 saturated carbocycles. The van der Waals surface area contributed by atoms with Crippen molar-refractivity contribution in [2.24, 2.45) is 28.6 Å². The number of fused-ring (bicyclic) bond motifs is 5. The molecule has 4 aliphatic rings. The summed E-state index contributed by atoms with van der Waals surface area (Å²) < 4.78 is 26.9. The highest BCUT2D eigenvalue weighted by atomic mass is 35.5. The van der Waals surface area contributed by atoms with Crippen LogP contribution in [0.5, 0.6) is 0 Å². The van der Waals surface area contributed by atoms with Crippen molar-refractivity contribution in [1.82, 2.24) is 0 Å². The molecule has 0 aromatic heterocycles. The lowest BCUT2D eigenvalue weighted by Crippen LogP contribution is -2.63. The van der Waals surface area contributed by atoms with E-state index in [4.69, 9.17) is 32.7 Å². The van der Waals surface area contributed by atoms with Crippen LogP contribution in [0.1, 0.15) is 59.3 Å². The Morgan fingerprint density at radius 1 is 1.31 bits per heavy atom. The molecule has 35 heavy (non-hydrogen) atoms. The normalized spacial score (nSPS) is 42.1. The van der Waals surface area contributed by atoms with Crippen LogP contribution in [0, 0.1) is 28.6 Å². The molecular weight excluding hydrogens is 498 g/mol. The van der Waals surface area contributed by atoms with E-state index in [2.05, 4.69) is 0 Å². The summed E-state index contributed by atoms with van der Waals surface area (Å²) in [5.41, 5.74) is -3.12. The maximum Gasteiger partial charge on any atom is 0.351 e. The van der Waals surface area contributed by atoms with Crippen molar-refractivity contribution in [3.05, 3.63) is 23.8 Å². The van der Waals surface area contributed by atoms with Gasteiger partial charge < -0.3 is 14.6 Å². The third kappa shape index (κ3) is 4.06. The molecule has 0 unspecified atom stereocenters. The average Bonchev–Trinajstić information content (AvgIpc) is 3.07. The van der Waals surface area contributed by atoms with E-state index in [0.717, 1.165) is 6.42 Å². The summed E-state index contributed by atoms with van der Waals surface area (Å²) in [7, 11) is 0. The van der Waals surface area contributed by atoms with Crippen LogP contribution in [0.15, 0.2) is 23.8 Å². The van der Waals surface area contributed by atoms with Gasteiger partial charge in [0.2, 0.25) is 10.4 Å². The standard InChI is InChI=1S/C26H33Cl2FO6/c1-4-5-10-34-23(33)26(35-22(32)21(27)28)9-7-16-15-12-18(29)17-11-14(30)6-8-24(17,2)20(15)19(31)13-25(16,26)3/h6,8,11,15-16,18-21,31H,4-5,7,9-10,12-13H2,1-3H3/t15-,16-,18-,19-,20+,24-,25-,26-/m0/s1. The molecule has 4 aliphatic carbocycles. The van der Waals surface area contributed by atoms with E-state index in [0.29, 0.717) is 18.4 Å². The fourth-order valence-corrected chi connectivity index (χ4v) is 7.60. The number of ether oxygens (including phenoxy) is 2. The van der Waals surface area contributed by atoms with Crippen LogP contribution < -0.4 is 0 Å². The van der Waals surface area contributed by atoms with E-state index < -0.39 is 45.5 Å². The third-order valence-corrected chi connectivity index (χ3v) is 9.47. The zero-order chi connectivity index (χ0) is 25.8. The summed E-state index contributed by atoms with van der Waals surface area (Å²) in [6.45, 7) is 5.82. The van der Waals surface area contributed by atoms with Crippen LogP contribution in [0.3, 0.4) is 0 Å². The van der Waals surface area contributed by atoms with E-state index in [9.17, 15) is 19.5 Å². The van der Waals surface area contributed by atoms with Gasteiger partial charge in [-0.1, -0.05) is 56.5 Å². The molecule has 0 spiro atoms. The van der Waals surface area contributed by atoms with E-state index in [1.807, 2.05) is 20.8 Å². The van der Waals surface area contributed by atoms with Crippen molar-refractivity contribution in [3.63, 3.8) is 0 Å². The zero-order valence-corrected chi connectivity index (χ0v) is 21.8. The van der Waals surface area contributed by atoms with Gasteiger partial charge in [0.25, 0.3) is 0 Å². The lowest BCUT2D eigenvalue weighted by atomic mass is 9.46. The molecular formula is C26H33Cl2FO6. The van der Waals surface area contributed by atoms with Crippen LogP contribution in [-0.4, -0.2) is 52.1 Å². The molecule has 0 radical (unpaired) electrons. The number of halogens is 3. The monoisotopic (exact) mass is 530 g/mol. The van der Waals surface area contributed by atoms with Crippen LogP contribution in [0.4, 0.5) is 4.39 Å². The van der Waals surface area contributed by atoms with Gasteiger partial charge in [0.05, 0.1) is 12.7 Å². The average molecular weight is 531 g/mol. The van der Waals surface area contributed by atoms with Gasteiger partial charge in [-0.05, 0) is 61.7 Å². The topological polar surface area (TPSA) is 89.9 Å². The molecule has 0 heterocycles. The first-order chi connectivity index (χ1) is 16.4. The van der Waals surface area contributed by atoms with Gasteiger partial charge in [0.1, 0.15) is 6.17 Å². The van der Waals surface area contributed by atoms with Gasteiger partial charge in [0.15, 0.2) is 5.78 Å². The fourth-order valence-electron chi connectivity index (χ4n) is 7.51. The van der Waals surface area contributed by atoms with Crippen LogP contribution in [-0.2, 0) is 23.9 Å². The second-order valence-corrected chi connectivity index (χ2v) is 12.0. The largest absolute Gasteiger partial charge is 0.463 e. The van der Waals surface area contributed by atoms with Gasteiger partial charge in [-0.25, -0.2) is 14.0 Å². The van der Waals surface area contributed by atoms with Crippen molar-refractivity contribution in [3.8, 4) is 0 Å². The third-order valence-electron chi connectivity index (χ3n) is 9.11. The number of carbonyl (C=O) groups is 3. The second kappa shape index (κ2) is 9.46. The van der Waals surface area contributed by atoms with Crippen molar-refractivity contribution in [2.75, 3.05) is 6.61 Å². The Bertz CT molecular complexity index is 965. The van der Waals surface area contributed by atoms with Crippen LogP contribution >= 0.6 is 23.2 Å². The first kappa shape index (κ1) is 26.6. The Balaban J connectivity index is 1.74. The summed E-state index contributed by atoms with van der Waals surface area (Å²) in [4.78, 5) is 36.6. The van der Waals surface area contributed by atoms with Crippen LogP contribution in [0.2, 0.25) is 0 Å². The molecule has 9 heteroatoms. The number of ketones is 1. The van der Waals surface area contributed by atoms with E-state index in [1.165, 1.54) is 12.2 Å². The number of carbonyl (C=O) groups excluding carboxylic acids is 3. The summed E-state index contributed by atoms with van der Waals surface area (Å²) in [6, 6.07) is 0.